The van der Waals surface area contributed by atoms with E-state index in [1.807, 2.05) is 36.1 Å². The van der Waals surface area contributed by atoms with Crippen LogP contribution >= 0.6 is 11.8 Å². The average Bonchev–Trinajstić information content (AvgIpc) is 2.60. The number of aromatic hydroxyl groups is 1. The molecule has 1 unspecified atom stereocenters. The first kappa shape index (κ1) is 16.6. The predicted molar refractivity (Wildman–Crippen MR) is 93.9 cm³/mol. The molecule has 1 fully saturated rings. The van der Waals surface area contributed by atoms with E-state index in [4.69, 9.17) is 4.74 Å². The minimum Gasteiger partial charge on any atom is -0.504 e. The summed E-state index contributed by atoms with van der Waals surface area (Å²) in [6.45, 7) is 2.90. The van der Waals surface area contributed by atoms with Crippen LogP contribution in [0.2, 0.25) is 0 Å². The van der Waals surface area contributed by atoms with E-state index in [1.165, 1.54) is 0 Å². The number of amides is 1. The molecule has 2 heterocycles. The molecule has 24 heavy (non-hydrogen) atoms. The zero-order valence-corrected chi connectivity index (χ0v) is 14.3. The topological polar surface area (TPSA) is 62.7 Å². The smallest absolute Gasteiger partial charge is 0.224 e. The van der Waals surface area contributed by atoms with Crippen molar-refractivity contribution in [2.45, 2.75) is 25.3 Å². The summed E-state index contributed by atoms with van der Waals surface area (Å²) in [5.74, 6) is 1.51. The molecule has 1 aromatic heterocycles. The van der Waals surface area contributed by atoms with Gasteiger partial charge in [-0.3, -0.25) is 9.78 Å². The highest BCUT2D eigenvalue weighted by atomic mass is 32.2. The summed E-state index contributed by atoms with van der Waals surface area (Å²) in [4.78, 5) is 18.4. The van der Waals surface area contributed by atoms with Crippen LogP contribution in [0.15, 0.2) is 42.7 Å². The van der Waals surface area contributed by atoms with E-state index in [1.54, 1.807) is 30.2 Å². The molecule has 3 rings (SSSR count). The first-order chi connectivity index (χ1) is 11.7. The molecule has 0 bridgehead atoms. The SMILES string of the molecule is CCOc1cc(C2SCCC(=O)N2Cc2ccncc2)ccc1O. The third-order valence-electron chi connectivity index (χ3n) is 3.87. The molecule has 0 aliphatic carbocycles. The summed E-state index contributed by atoms with van der Waals surface area (Å²) >= 11 is 1.73. The zero-order valence-electron chi connectivity index (χ0n) is 13.5. The molecule has 5 nitrogen and oxygen atoms in total. The fourth-order valence-electron chi connectivity index (χ4n) is 2.71. The first-order valence-corrected chi connectivity index (χ1v) is 8.99. The highest BCUT2D eigenvalue weighted by molar-refractivity contribution is 7.99. The lowest BCUT2D eigenvalue weighted by Gasteiger charge is -2.35. The number of aromatic nitrogens is 1. The third-order valence-corrected chi connectivity index (χ3v) is 5.15. The van der Waals surface area contributed by atoms with Crippen LogP contribution in [0.5, 0.6) is 11.5 Å². The van der Waals surface area contributed by atoms with Crippen LogP contribution in [-0.4, -0.2) is 33.3 Å². The van der Waals surface area contributed by atoms with Crippen LogP contribution in [0.1, 0.15) is 29.8 Å². The highest BCUT2D eigenvalue weighted by Crippen LogP contribution is 2.41. The molecule has 1 aromatic carbocycles. The lowest BCUT2D eigenvalue weighted by molar-refractivity contribution is -0.132. The van der Waals surface area contributed by atoms with Gasteiger partial charge in [-0.25, -0.2) is 0 Å². The minimum absolute atomic E-state index is 0.0841. The maximum Gasteiger partial charge on any atom is 0.224 e. The molecule has 0 saturated carbocycles. The van der Waals surface area contributed by atoms with E-state index in [9.17, 15) is 9.90 Å². The van der Waals surface area contributed by atoms with Crippen LogP contribution < -0.4 is 4.74 Å². The van der Waals surface area contributed by atoms with Crippen molar-refractivity contribution in [3.63, 3.8) is 0 Å². The van der Waals surface area contributed by atoms with Crippen LogP contribution in [0, 0.1) is 0 Å². The Balaban J connectivity index is 1.88. The normalized spacial score (nSPS) is 17.8. The van der Waals surface area contributed by atoms with Crippen molar-refractivity contribution < 1.29 is 14.6 Å². The number of ether oxygens (including phenoxy) is 1. The second kappa shape index (κ2) is 7.57. The number of hydrogen-bond donors (Lipinski definition) is 1. The number of thioether (sulfide) groups is 1. The Hall–Kier alpha value is -2.21. The summed E-state index contributed by atoms with van der Waals surface area (Å²) in [6.07, 6.45) is 4.02. The number of pyridine rings is 1. The Labute approximate surface area is 145 Å². The van der Waals surface area contributed by atoms with Gasteiger partial charge in [0.1, 0.15) is 5.37 Å². The molecule has 6 heteroatoms. The first-order valence-electron chi connectivity index (χ1n) is 7.94. The van der Waals surface area contributed by atoms with Gasteiger partial charge in [-0.2, -0.15) is 0 Å². The van der Waals surface area contributed by atoms with Gasteiger partial charge in [0, 0.05) is 31.1 Å². The number of nitrogens with zero attached hydrogens (tertiary/aromatic N) is 2. The number of hydrogen-bond acceptors (Lipinski definition) is 5. The van der Waals surface area contributed by atoms with Crippen molar-refractivity contribution >= 4 is 17.7 Å². The van der Waals surface area contributed by atoms with Crippen molar-refractivity contribution in [2.75, 3.05) is 12.4 Å². The molecule has 2 aromatic rings. The van der Waals surface area contributed by atoms with Crippen LogP contribution in [-0.2, 0) is 11.3 Å². The van der Waals surface area contributed by atoms with Gasteiger partial charge in [0.15, 0.2) is 11.5 Å². The van der Waals surface area contributed by atoms with E-state index in [0.717, 1.165) is 16.9 Å². The van der Waals surface area contributed by atoms with Crippen molar-refractivity contribution in [3.05, 3.63) is 53.9 Å². The van der Waals surface area contributed by atoms with Crippen molar-refractivity contribution in [1.29, 1.82) is 0 Å². The third kappa shape index (κ3) is 3.64. The zero-order chi connectivity index (χ0) is 16.9. The molecule has 126 valence electrons. The monoisotopic (exact) mass is 344 g/mol. The number of rotatable bonds is 5. The summed E-state index contributed by atoms with van der Waals surface area (Å²) < 4.78 is 5.48. The summed E-state index contributed by atoms with van der Waals surface area (Å²) in [7, 11) is 0. The van der Waals surface area contributed by atoms with E-state index >= 15 is 0 Å². The Kier molecular flexibility index (Phi) is 5.25. The fourth-order valence-corrected chi connectivity index (χ4v) is 3.94. The Morgan fingerprint density at radius 1 is 1.33 bits per heavy atom. The Morgan fingerprint density at radius 2 is 2.12 bits per heavy atom. The number of benzene rings is 1. The van der Waals surface area contributed by atoms with Gasteiger partial charge in [0.05, 0.1) is 6.61 Å². The van der Waals surface area contributed by atoms with E-state index in [0.29, 0.717) is 25.3 Å². The highest BCUT2D eigenvalue weighted by Gasteiger charge is 2.30. The molecule has 0 radical (unpaired) electrons. The van der Waals surface area contributed by atoms with Gasteiger partial charge < -0.3 is 14.7 Å². The largest absolute Gasteiger partial charge is 0.504 e. The van der Waals surface area contributed by atoms with Gasteiger partial charge in [-0.05, 0) is 42.3 Å². The molecule has 1 saturated heterocycles. The summed E-state index contributed by atoms with van der Waals surface area (Å²) in [5.41, 5.74) is 2.01. The molecular weight excluding hydrogens is 324 g/mol. The predicted octanol–water partition coefficient (Wildman–Crippen LogP) is 3.35. The average molecular weight is 344 g/mol. The van der Waals surface area contributed by atoms with Gasteiger partial charge in [-0.15, -0.1) is 11.8 Å². The van der Waals surface area contributed by atoms with Crippen LogP contribution in [0.4, 0.5) is 0 Å². The molecule has 1 N–H and O–H groups in total. The number of carbonyl (C=O) groups is 1. The van der Waals surface area contributed by atoms with E-state index in [2.05, 4.69) is 4.98 Å². The maximum atomic E-state index is 12.5. The van der Waals surface area contributed by atoms with E-state index in [-0.39, 0.29) is 17.0 Å². The second-order valence-electron chi connectivity index (χ2n) is 5.51. The molecule has 0 spiro atoms. The lowest BCUT2D eigenvalue weighted by Crippen LogP contribution is -2.36. The molecule has 1 atom stereocenters. The number of phenols is 1. The Morgan fingerprint density at radius 3 is 2.88 bits per heavy atom. The van der Waals surface area contributed by atoms with Gasteiger partial charge in [0.25, 0.3) is 0 Å². The maximum absolute atomic E-state index is 12.5. The lowest BCUT2D eigenvalue weighted by atomic mass is 10.1. The molecule has 1 aliphatic heterocycles. The summed E-state index contributed by atoms with van der Waals surface area (Å²) in [5, 5.41) is 9.81. The second-order valence-corrected chi connectivity index (χ2v) is 6.70. The van der Waals surface area contributed by atoms with Crippen molar-refractivity contribution in [1.82, 2.24) is 9.88 Å². The standard InChI is InChI=1S/C18H20N2O3S/c1-2-23-16-11-14(3-4-15(16)21)18-20(17(22)7-10-24-18)12-13-5-8-19-9-6-13/h3-6,8-9,11,18,21H,2,7,10,12H2,1H3. The van der Waals surface area contributed by atoms with Crippen molar-refractivity contribution in [2.24, 2.45) is 0 Å². The summed E-state index contributed by atoms with van der Waals surface area (Å²) in [6, 6.07) is 9.16. The van der Waals surface area contributed by atoms with Crippen LogP contribution in [0.3, 0.4) is 0 Å². The Bertz CT molecular complexity index is 709. The van der Waals surface area contributed by atoms with Gasteiger partial charge in [0.2, 0.25) is 5.91 Å². The number of phenolic OH excluding ortho intramolecular Hbond substituents is 1. The molecule has 1 amide bonds. The minimum atomic E-state index is -0.0841. The van der Waals surface area contributed by atoms with Crippen LogP contribution in [0.25, 0.3) is 0 Å². The van der Waals surface area contributed by atoms with Gasteiger partial charge in [-0.1, -0.05) is 6.07 Å². The van der Waals surface area contributed by atoms with Crippen molar-refractivity contribution in [3.8, 4) is 11.5 Å². The van der Waals surface area contributed by atoms with Gasteiger partial charge >= 0.3 is 0 Å². The number of carbonyl (C=O) groups excluding carboxylic acids is 1. The fraction of sp³-hybridized carbons (Fsp3) is 0.333. The quantitative estimate of drug-likeness (QED) is 0.901. The molecular formula is C18H20N2O3S. The van der Waals surface area contributed by atoms with E-state index < -0.39 is 0 Å². The molecule has 1 aliphatic rings.